The highest BCUT2D eigenvalue weighted by Gasteiger charge is 2.28. The van der Waals surface area contributed by atoms with Crippen LogP contribution in [0.2, 0.25) is 5.02 Å². The molecule has 0 atom stereocenters. The van der Waals surface area contributed by atoms with E-state index in [0.717, 1.165) is 44.6 Å². The fraction of sp³-hybridized carbons (Fsp3) is 0.611. The van der Waals surface area contributed by atoms with Crippen LogP contribution in [0.5, 0.6) is 5.75 Å². The van der Waals surface area contributed by atoms with Crippen LogP contribution >= 0.6 is 11.6 Å². The minimum absolute atomic E-state index is 0.0404. The van der Waals surface area contributed by atoms with Crippen molar-refractivity contribution in [1.82, 2.24) is 15.5 Å². The predicted molar refractivity (Wildman–Crippen MR) is 103 cm³/mol. The molecule has 1 aliphatic heterocycles. The molecule has 6 nitrogen and oxygen atoms in total. The third kappa shape index (κ3) is 6.72. The van der Waals surface area contributed by atoms with Crippen LogP contribution in [-0.2, 0) is 4.74 Å². The highest BCUT2D eigenvalue weighted by atomic mass is 35.5. The minimum atomic E-state index is 0.0404. The van der Waals surface area contributed by atoms with Crippen LogP contribution in [0.1, 0.15) is 13.8 Å². The highest BCUT2D eigenvalue weighted by molar-refractivity contribution is 6.30. The van der Waals surface area contributed by atoms with E-state index in [9.17, 15) is 0 Å². The Balaban J connectivity index is 1.69. The molecule has 140 valence electrons. The Labute approximate surface area is 155 Å². The lowest BCUT2D eigenvalue weighted by atomic mass is 10.0. The smallest absolute Gasteiger partial charge is 0.191 e. The van der Waals surface area contributed by atoms with Gasteiger partial charge < -0.3 is 20.1 Å². The molecule has 1 fully saturated rings. The van der Waals surface area contributed by atoms with Crippen LogP contribution < -0.4 is 15.4 Å². The number of nitrogens with one attached hydrogen (secondary N) is 2. The summed E-state index contributed by atoms with van der Waals surface area (Å²) in [5, 5.41) is 7.34. The Bertz CT molecular complexity index is 560. The lowest BCUT2D eigenvalue weighted by Crippen LogP contribution is -2.56. The van der Waals surface area contributed by atoms with E-state index in [2.05, 4.69) is 34.4 Å². The summed E-state index contributed by atoms with van der Waals surface area (Å²) in [6.07, 6.45) is 0. The highest BCUT2D eigenvalue weighted by Crippen LogP contribution is 2.17. The molecule has 0 saturated carbocycles. The van der Waals surface area contributed by atoms with E-state index in [0.29, 0.717) is 18.2 Å². The minimum Gasteiger partial charge on any atom is -0.492 e. The Kier molecular flexibility index (Phi) is 7.81. The van der Waals surface area contributed by atoms with Crippen molar-refractivity contribution in [1.29, 1.82) is 0 Å². The zero-order valence-electron chi connectivity index (χ0n) is 15.3. The van der Waals surface area contributed by atoms with E-state index in [4.69, 9.17) is 21.1 Å². The molecular formula is C18H29ClN4O2. The van der Waals surface area contributed by atoms with Gasteiger partial charge in [-0.15, -0.1) is 0 Å². The molecule has 1 heterocycles. The number of hydrogen-bond donors (Lipinski definition) is 2. The van der Waals surface area contributed by atoms with Crippen molar-refractivity contribution in [3.63, 3.8) is 0 Å². The van der Waals surface area contributed by atoms with Crippen LogP contribution in [0.3, 0.4) is 0 Å². The van der Waals surface area contributed by atoms with Crippen molar-refractivity contribution in [2.24, 2.45) is 4.99 Å². The molecule has 1 aromatic carbocycles. The lowest BCUT2D eigenvalue weighted by Gasteiger charge is -2.41. The largest absolute Gasteiger partial charge is 0.492 e. The molecule has 1 aliphatic rings. The van der Waals surface area contributed by atoms with Crippen LogP contribution in [0, 0.1) is 0 Å². The number of hydrogen-bond acceptors (Lipinski definition) is 4. The van der Waals surface area contributed by atoms with Crippen LogP contribution in [0.25, 0.3) is 0 Å². The molecule has 0 aromatic heterocycles. The van der Waals surface area contributed by atoms with Crippen LogP contribution in [-0.4, -0.2) is 69.4 Å². The SMILES string of the molecule is CN=C(NCCOc1cccc(Cl)c1)NCC(C)(C)N1CCOCC1. The monoisotopic (exact) mass is 368 g/mol. The lowest BCUT2D eigenvalue weighted by molar-refractivity contribution is -0.00834. The summed E-state index contributed by atoms with van der Waals surface area (Å²) < 4.78 is 11.1. The van der Waals surface area contributed by atoms with Crippen molar-refractivity contribution in [2.45, 2.75) is 19.4 Å². The summed E-state index contributed by atoms with van der Waals surface area (Å²) in [7, 11) is 1.77. The molecule has 0 aliphatic carbocycles. The molecule has 0 bridgehead atoms. The quantitative estimate of drug-likeness (QED) is 0.438. The number of morpholine rings is 1. The average molecular weight is 369 g/mol. The average Bonchev–Trinajstić information content (AvgIpc) is 2.62. The van der Waals surface area contributed by atoms with Crippen molar-refractivity contribution in [2.75, 3.05) is 53.0 Å². The van der Waals surface area contributed by atoms with Crippen molar-refractivity contribution < 1.29 is 9.47 Å². The zero-order valence-corrected chi connectivity index (χ0v) is 16.1. The number of benzene rings is 1. The van der Waals surface area contributed by atoms with Gasteiger partial charge in [0.05, 0.1) is 19.8 Å². The molecule has 1 aromatic rings. The van der Waals surface area contributed by atoms with Gasteiger partial charge in [-0.05, 0) is 32.0 Å². The maximum Gasteiger partial charge on any atom is 0.191 e. The molecule has 0 amide bonds. The number of aliphatic imine (C=N–C) groups is 1. The fourth-order valence-corrected chi connectivity index (χ4v) is 2.88. The summed E-state index contributed by atoms with van der Waals surface area (Å²) in [6, 6.07) is 7.40. The number of nitrogens with zero attached hydrogens (tertiary/aromatic N) is 2. The predicted octanol–water partition coefficient (Wildman–Crippen LogP) is 1.99. The maximum absolute atomic E-state index is 5.94. The standard InChI is InChI=1S/C18H29ClN4O2/c1-18(2,23-8-11-24-12-9-23)14-22-17(20-3)21-7-10-25-16-6-4-5-15(19)13-16/h4-6,13H,7-12,14H2,1-3H3,(H2,20,21,22). The van der Waals surface area contributed by atoms with Gasteiger partial charge in [0, 0.05) is 37.2 Å². The zero-order chi connectivity index (χ0) is 18.1. The van der Waals surface area contributed by atoms with Gasteiger partial charge in [-0.2, -0.15) is 0 Å². The molecule has 25 heavy (non-hydrogen) atoms. The van der Waals surface area contributed by atoms with Crippen LogP contribution in [0.4, 0.5) is 0 Å². The summed E-state index contributed by atoms with van der Waals surface area (Å²) in [6.45, 7) is 10.0. The van der Waals surface area contributed by atoms with E-state index in [1.807, 2.05) is 18.2 Å². The van der Waals surface area contributed by atoms with Crippen molar-refractivity contribution in [3.05, 3.63) is 29.3 Å². The summed E-state index contributed by atoms with van der Waals surface area (Å²) in [5.74, 6) is 1.54. The Morgan fingerprint density at radius 3 is 2.76 bits per heavy atom. The molecule has 0 spiro atoms. The maximum atomic E-state index is 5.94. The molecular weight excluding hydrogens is 340 g/mol. The molecule has 2 rings (SSSR count). The molecule has 0 radical (unpaired) electrons. The number of rotatable bonds is 7. The molecule has 1 saturated heterocycles. The second-order valence-corrected chi connectivity index (χ2v) is 7.01. The molecule has 2 N–H and O–H groups in total. The van der Waals surface area contributed by atoms with Gasteiger partial charge >= 0.3 is 0 Å². The third-order valence-corrected chi connectivity index (χ3v) is 4.47. The number of ether oxygens (including phenoxy) is 2. The van der Waals surface area contributed by atoms with Crippen LogP contribution in [0.15, 0.2) is 29.3 Å². The van der Waals surface area contributed by atoms with Gasteiger partial charge in [0.25, 0.3) is 0 Å². The molecule has 0 unspecified atom stereocenters. The van der Waals surface area contributed by atoms with Gasteiger partial charge in [0.2, 0.25) is 0 Å². The topological polar surface area (TPSA) is 58.1 Å². The Morgan fingerprint density at radius 2 is 2.08 bits per heavy atom. The van der Waals surface area contributed by atoms with E-state index < -0.39 is 0 Å². The third-order valence-electron chi connectivity index (χ3n) is 4.24. The van der Waals surface area contributed by atoms with E-state index >= 15 is 0 Å². The second-order valence-electron chi connectivity index (χ2n) is 6.57. The summed E-state index contributed by atoms with van der Waals surface area (Å²) in [4.78, 5) is 6.71. The first-order chi connectivity index (χ1) is 12.0. The Hall–Kier alpha value is -1.50. The number of halogens is 1. The van der Waals surface area contributed by atoms with Gasteiger partial charge in [-0.25, -0.2) is 0 Å². The summed E-state index contributed by atoms with van der Waals surface area (Å²) >= 11 is 5.94. The molecule has 7 heteroatoms. The van der Waals surface area contributed by atoms with E-state index in [1.54, 1.807) is 13.1 Å². The normalized spacial score (nSPS) is 16.6. The van der Waals surface area contributed by atoms with Crippen molar-refractivity contribution in [3.8, 4) is 5.75 Å². The van der Waals surface area contributed by atoms with Gasteiger partial charge in [0.15, 0.2) is 5.96 Å². The van der Waals surface area contributed by atoms with Gasteiger partial charge in [-0.1, -0.05) is 17.7 Å². The van der Waals surface area contributed by atoms with E-state index in [1.165, 1.54) is 0 Å². The van der Waals surface area contributed by atoms with E-state index in [-0.39, 0.29) is 5.54 Å². The first-order valence-electron chi connectivity index (χ1n) is 8.67. The van der Waals surface area contributed by atoms with Gasteiger partial charge in [0.1, 0.15) is 12.4 Å². The summed E-state index contributed by atoms with van der Waals surface area (Å²) in [5.41, 5.74) is 0.0404. The second kappa shape index (κ2) is 9.85. The number of guanidine groups is 1. The first kappa shape index (κ1) is 19.8. The van der Waals surface area contributed by atoms with Crippen molar-refractivity contribution >= 4 is 17.6 Å². The fourth-order valence-electron chi connectivity index (χ4n) is 2.70. The van der Waals surface area contributed by atoms with Gasteiger partial charge in [-0.3, -0.25) is 9.89 Å². The Morgan fingerprint density at radius 1 is 1.32 bits per heavy atom. The first-order valence-corrected chi connectivity index (χ1v) is 9.05.